The Labute approximate surface area is 198 Å². The minimum Gasteiger partial charge on any atom is -0.364 e. The van der Waals surface area contributed by atoms with Gasteiger partial charge in [0.25, 0.3) is 0 Å². The fourth-order valence-corrected chi connectivity index (χ4v) is 4.22. The van der Waals surface area contributed by atoms with Gasteiger partial charge in [0.1, 0.15) is 6.20 Å². The third kappa shape index (κ3) is 7.53. The Morgan fingerprint density at radius 1 is 1.21 bits per heavy atom. The van der Waals surface area contributed by atoms with Crippen molar-refractivity contribution < 1.29 is 18.1 Å². The standard InChI is InChI=1S/C21H26BrF3N6O2/c1-13-15(3-2-4-17(13)22)10-27-20-28-11-18(31(32)33)19(30-20)26-9-14-5-7-16(8-6-14)29-12-21(23,24)25/h2-4,11,14,16,29H,5-10,12H2,1H3,(H2,26,27,28,30)/t14-,16-. The molecule has 1 saturated carbocycles. The highest BCUT2D eigenvalue weighted by Gasteiger charge is 2.30. The predicted molar refractivity (Wildman–Crippen MR) is 123 cm³/mol. The van der Waals surface area contributed by atoms with Gasteiger partial charge >= 0.3 is 11.9 Å². The van der Waals surface area contributed by atoms with Crippen molar-refractivity contribution in [3.8, 4) is 0 Å². The van der Waals surface area contributed by atoms with E-state index in [0.717, 1.165) is 28.4 Å². The zero-order valence-electron chi connectivity index (χ0n) is 18.1. The number of nitrogens with zero attached hydrogens (tertiary/aromatic N) is 3. The molecule has 3 rings (SSSR count). The van der Waals surface area contributed by atoms with Gasteiger partial charge in [0.2, 0.25) is 11.8 Å². The van der Waals surface area contributed by atoms with Gasteiger partial charge in [-0.3, -0.25) is 10.1 Å². The summed E-state index contributed by atoms with van der Waals surface area (Å²) >= 11 is 3.49. The molecular formula is C21H26BrF3N6O2. The average molecular weight is 531 g/mol. The molecule has 33 heavy (non-hydrogen) atoms. The Bertz CT molecular complexity index is 968. The van der Waals surface area contributed by atoms with Crippen LogP contribution < -0.4 is 16.0 Å². The van der Waals surface area contributed by atoms with Gasteiger partial charge in [-0.1, -0.05) is 28.1 Å². The molecule has 1 fully saturated rings. The fourth-order valence-electron chi connectivity index (χ4n) is 3.81. The lowest BCUT2D eigenvalue weighted by molar-refractivity contribution is -0.384. The SMILES string of the molecule is Cc1c(Br)cccc1CNc1ncc([N+](=O)[O-])c(NC[C@H]2CC[C@H](NCC(F)(F)F)CC2)n1. The molecule has 12 heteroatoms. The number of anilines is 2. The second kappa shape index (κ2) is 11.1. The van der Waals surface area contributed by atoms with Gasteiger partial charge in [-0.15, -0.1) is 0 Å². The normalized spacial score (nSPS) is 18.7. The van der Waals surface area contributed by atoms with Gasteiger partial charge in [-0.25, -0.2) is 4.98 Å². The van der Waals surface area contributed by atoms with Crippen molar-refractivity contribution in [3.05, 3.63) is 50.1 Å². The molecule has 0 saturated heterocycles. The fraction of sp³-hybridized carbons (Fsp3) is 0.524. The largest absolute Gasteiger partial charge is 0.401 e. The number of alkyl halides is 3. The molecule has 1 aliphatic rings. The summed E-state index contributed by atoms with van der Waals surface area (Å²) < 4.78 is 38.1. The number of aromatic nitrogens is 2. The summed E-state index contributed by atoms with van der Waals surface area (Å²) in [4.78, 5) is 19.2. The summed E-state index contributed by atoms with van der Waals surface area (Å²) in [7, 11) is 0. The topological polar surface area (TPSA) is 105 Å². The highest BCUT2D eigenvalue weighted by atomic mass is 79.9. The van der Waals surface area contributed by atoms with Gasteiger partial charge in [0.15, 0.2) is 0 Å². The van der Waals surface area contributed by atoms with E-state index in [1.807, 2.05) is 25.1 Å². The van der Waals surface area contributed by atoms with Crippen molar-refractivity contribution in [2.45, 2.75) is 51.4 Å². The molecular weight excluding hydrogens is 505 g/mol. The van der Waals surface area contributed by atoms with E-state index in [4.69, 9.17) is 0 Å². The Balaban J connectivity index is 1.57. The molecule has 1 aliphatic carbocycles. The molecule has 0 radical (unpaired) electrons. The van der Waals surface area contributed by atoms with Crippen molar-refractivity contribution in [1.29, 1.82) is 0 Å². The molecule has 1 aromatic carbocycles. The van der Waals surface area contributed by atoms with E-state index in [1.165, 1.54) is 6.20 Å². The second-order valence-corrected chi connectivity index (χ2v) is 9.01. The number of halogens is 4. The van der Waals surface area contributed by atoms with E-state index in [1.54, 1.807) is 0 Å². The Morgan fingerprint density at radius 3 is 2.61 bits per heavy atom. The molecule has 180 valence electrons. The van der Waals surface area contributed by atoms with Crippen molar-refractivity contribution in [3.63, 3.8) is 0 Å². The summed E-state index contributed by atoms with van der Waals surface area (Å²) in [6.45, 7) is 1.91. The highest BCUT2D eigenvalue weighted by molar-refractivity contribution is 9.10. The van der Waals surface area contributed by atoms with Gasteiger partial charge in [0, 0.05) is 23.6 Å². The lowest BCUT2D eigenvalue weighted by Crippen LogP contribution is -2.39. The first kappa shape index (κ1) is 25.2. The molecule has 8 nitrogen and oxygen atoms in total. The summed E-state index contributed by atoms with van der Waals surface area (Å²) in [6, 6.07) is 5.68. The Hall–Kier alpha value is -2.47. The van der Waals surface area contributed by atoms with Crippen LogP contribution in [0.4, 0.5) is 30.6 Å². The average Bonchev–Trinajstić information content (AvgIpc) is 2.77. The van der Waals surface area contributed by atoms with E-state index in [0.29, 0.717) is 25.9 Å². The summed E-state index contributed by atoms with van der Waals surface area (Å²) in [6.07, 6.45) is -0.321. The van der Waals surface area contributed by atoms with Crippen LogP contribution in [0.1, 0.15) is 36.8 Å². The quantitative estimate of drug-likeness (QED) is 0.302. The third-order valence-corrected chi connectivity index (χ3v) is 6.64. The number of hydrogen-bond acceptors (Lipinski definition) is 7. The van der Waals surface area contributed by atoms with Crippen LogP contribution in [0.2, 0.25) is 0 Å². The third-order valence-electron chi connectivity index (χ3n) is 5.78. The molecule has 0 spiro atoms. The van der Waals surface area contributed by atoms with Crippen LogP contribution in [0.15, 0.2) is 28.9 Å². The van der Waals surface area contributed by atoms with E-state index in [-0.39, 0.29) is 29.4 Å². The molecule has 0 unspecified atom stereocenters. The van der Waals surface area contributed by atoms with Crippen molar-refractivity contribution in [2.75, 3.05) is 23.7 Å². The van der Waals surface area contributed by atoms with Gasteiger partial charge in [-0.2, -0.15) is 18.2 Å². The van der Waals surface area contributed by atoms with Crippen molar-refractivity contribution in [1.82, 2.24) is 15.3 Å². The Kier molecular flexibility index (Phi) is 8.46. The maximum absolute atomic E-state index is 12.4. The summed E-state index contributed by atoms with van der Waals surface area (Å²) in [5.41, 5.74) is 1.89. The first-order valence-electron chi connectivity index (χ1n) is 10.7. The molecule has 2 aromatic rings. The molecule has 1 heterocycles. The maximum atomic E-state index is 12.4. The van der Waals surface area contributed by atoms with Crippen LogP contribution >= 0.6 is 15.9 Å². The number of rotatable bonds is 9. The molecule has 0 bridgehead atoms. The second-order valence-electron chi connectivity index (χ2n) is 8.16. The minimum atomic E-state index is -4.22. The van der Waals surface area contributed by atoms with Crippen LogP contribution in [-0.2, 0) is 6.54 Å². The number of hydrogen-bond donors (Lipinski definition) is 3. The van der Waals surface area contributed by atoms with Gasteiger partial charge < -0.3 is 16.0 Å². The van der Waals surface area contributed by atoms with Crippen LogP contribution in [-0.4, -0.2) is 40.2 Å². The van der Waals surface area contributed by atoms with E-state index >= 15 is 0 Å². The number of nitrogens with one attached hydrogen (secondary N) is 3. The van der Waals surface area contributed by atoms with Crippen LogP contribution in [0.3, 0.4) is 0 Å². The lowest BCUT2D eigenvalue weighted by Gasteiger charge is -2.29. The lowest BCUT2D eigenvalue weighted by atomic mass is 9.86. The number of nitro groups is 1. The molecule has 0 atom stereocenters. The number of benzene rings is 1. The van der Waals surface area contributed by atoms with Crippen molar-refractivity contribution >= 4 is 33.4 Å². The molecule has 3 N–H and O–H groups in total. The zero-order valence-corrected chi connectivity index (χ0v) is 19.7. The molecule has 1 aromatic heterocycles. The molecule has 0 aliphatic heterocycles. The monoisotopic (exact) mass is 530 g/mol. The van der Waals surface area contributed by atoms with Crippen LogP contribution in [0, 0.1) is 23.0 Å². The van der Waals surface area contributed by atoms with Crippen LogP contribution in [0.25, 0.3) is 0 Å². The van der Waals surface area contributed by atoms with Gasteiger partial charge in [-0.05, 0) is 55.7 Å². The first-order valence-corrected chi connectivity index (χ1v) is 11.4. The molecule has 0 amide bonds. The van der Waals surface area contributed by atoms with Crippen LogP contribution in [0.5, 0.6) is 0 Å². The van der Waals surface area contributed by atoms with E-state index in [2.05, 4.69) is 41.8 Å². The summed E-state index contributed by atoms with van der Waals surface area (Å²) in [5.74, 6) is 0.590. The van der Waals surface area contributed by atoms with Crippen molar-refractivity contribution in [2.24, 2.45) is 5.92 Å². The summed E-state index contributed by atoms with van der Waals surface area (Å²) in [5, 5.41) is 20.1. The zero-order chi connectivity index (χ0) is 24.0. The highest BCUT2D eigenvalue weighted by Crippen LogP contribution is 2.28. The minimum absolute atomic E-state index is 0.126. The van der Waals surface area contributed by atoms with E-state index in [9.17, 15) is 23.3 Å². The Morgan fingerprint density at radius 2 is 1.94 bits per heavy atom. The smallest absolute Gasteiger partial charge is 0.364 e. The van der Waals surface area contributed by atoms with E-state index < -0.39 is 17.6 Å². The van der Waals surface area contributed by atoms with Gasteiger partial charge in [0.05, 0.1) is 11.5 Å². The predicted octanol–water partition coefficient (Wildman–Crippen LogP) is 5.19. The maximum Gasteiger partial charge on any atom is 0.401 e. The first-order chi connectivity index (χ1) is 15.6.